The van der Waals surface area contributed by atoms with Crippen molar-refractivity contribution in [2.24, 2.45) is 4.99 Å². The summed E-state index contributed by atoms with van der Waals surface area (Å²) in [4.78, 5) is 13.5. The highest BCUT2D eigenvalue weighted by molar-refractivity contribution is 6.10. The van der Waals surface area contributed by atoms with Gasteiger partial charge in [-0.05, 0) is 47.9 Å². The summed E-state index contributed by atoms with van der Waals surface area (Å²) in [5.41, 5.74) is 5.95. The van der Waals surface area contributed by atoms with E-state index < -0.39 is 0 Å². The summed E-state index contributed by atoms with van der Waals surface area (Å²) in [5.74, 6) is 2.57. The first-order valence-corrected chi connectivity index (χ1v) is 10.7. The van der Waals surface area contributed by atoms with Crippen molar-refractivity contribution in [1.82, 2.24) is 15.3 Å². The number of anilines is 2. The standard InChI is InChI=1S/C26H27N5O/c1-4-25(28-14-10-19-7-5-8-20(15-19)32-3)30-16-23-18(2)21-9-6-12-29-26(21)31-24-17-27-13-11-22(23)24/h5-9,11-13,15-17H,2,4,10,14H2,1,3H3,(H,28,30)(H,29,31)/b23-16+. The molecule has 2 aromatic heterocycles. The third kappa shape index (κ3) is 4.70. The van der Waals surface area contributed by atoms with E-state index in [2.05, 4.69) is 46.2 Å². The molecular formula is C26H27N5O. The van der Waals surface area contributed by atoms with Gasteiger partial charge in [0.1, 0.15) is 11.6 Å². The van der Waals surface area contributed by atoms with Crippen molar-refractivity contribution in [3.05, 3.63) is 90.5 Å². The molecule has 6 nitrogen and oxygen atoms in total. The van der Waals surface area contributed by atoms with Crippen LogP contribution < -0.4 is 15.4 Å². The topological polar surface area (TPSA) is 71.4 Å². The lowest BCUT2D eigenvalue weighted by atomic mass is 9.96. The maximum Gasteiger partial charge on any atom is 0.138 e. The number of allylic oxidation sites excluding steroid dienone is 2. The first-order chi connectivity index (χ1) is 15.7. The van der Waals surface area contributed by atoms with E-state index >= 15 is 0 Å². The summed E-state index contributed by atoms with van der Waals surface area (Å²) < 4.78 is 5.30. The number of aromatic nitrogens is 2. The van der Waals surface area contributed by atoms with E-state index in [1.807, 2.05) is 42.7 Å². The Labute approximate surface area is 188 Å². The van der Waals surface area contributed by atoms with Crippen LogP contribution in [-0.2, 0) is 6.42 Å². The molecule has 0 fully saturated rings. The molecule has 0 aliphatic carbocycles. The molecular weight excluding hydrogens is 398 g/mol. The van der Waals surface area contributed by atoms with Gasteiger partial charge in [-0.1, -0.05) is 25.6 Å². The average Bonchev–Trinajstić information content (AvgIpc) is 2.95. The lowest BCUT2D eigenvalue weighted by Gasteiger charge is -2.12. The van der Waals surface area contributed by atoms with E-state index in [-0.39, 0.29) is 0 Å². The molecule has 162 valence electrons. The fraction of sp³-hybridized carbons (Fsp3) is 0.192. The number of hydrogen-bond acceptors (Lipinski definition) is 5. The number of nitrogens with one attached hydrogen (secondary N) is 2. The largest absolute Gasteiger partial charge is 0.497 e. The van der Waals surface area contributed by atoms with Crippen molar-refractivity contribution in [2.75, 3.05) is 19.0 Å². The Hall–Kier alpha value is -3.93. The number of methoxy groups -OCH3 is 1. The van der Waals surface area contributed by atoms with E-state index in [1.165, 1.54) is 5.56 Å². The highest BCUT2D eigenvalue weighted by Crippen LogP contribution is 2.40. The van der Waals surface area contributed by atoms with Gasteiger partial charge < -0.3 is 15.4 Å². The minimum absolute atomic E-state index is 0.697. The average molecular weight is 426 g/mol. The molecule has 0 bridgehead atoms. The maximum absolute atomic E-state index is 5.30. The van der Waals surface area contributed by atoms with Crippen molar-refractivity contribution in [3.8, 4) is 5.75 Å². The van der Waals surface area contributed by atoms with E-state index in [1.54, 1.807) is 19.5 Å². The number of rotatable bonds is 6. The van der Waals surface area contributed by atoms with E-state index in [0.717, 1.165) is 58.2 Å². The normalized spacial score (nSPS) is 14.2. The molecule has 0 spiro atoms. The summed E-state index contributed by atoms with van der Waals surface area (Å²) in [6.45, 7) is 7.15. The number of fused-ring (bicyclic) bond motifs is 2. The molecule has 0 amide bonds. The van der Waals surface area contributed by atoms with Crippen LogP contribution in [0, 0.1) is 0 Å². The summed E-state index contributed by atoms with van der Waals surface area (Å²) in [6.07, 6.45) is 9.00. The van der Waals surface area contributed by atoms with Crippen molar-refractivity contribution in [2.45, 2.75) is 19.8 Å². The van der Waals surface area contributed by atoms with Gasteiger partial charge in [-0.2, -0.15) is 0 Å². The number of pyridine rings is 2. The predicted molar refractivity (Wildman–Crippen MR) is 131 cm³/mol. The third-order valence-electron chi connectivity index (χ3n) is 5.38. The number of hydrogen-bond donors (Lipinski definition) is 2. The van der Waals surface area contributed by atoms with Crippen LogP contribution in [0.25, 0.3) is 11.1 Å². The molecule has 1 aromatic carbocycles. The number of aliphatic imine (C=N–C) groups is 1. The fourth-order valence-electron chi connectivity index (χ4n) is 3.64. The van der Waals surface area contributed by atoms with E-state index in [9.17, 15) is 0 Å². The zero-order chi connectivity index (χ0) is 22.3. The monoisotopic (exact) mass is 425 g/mol. The highest BCUT2D eigenvalue weighted by atomic mass is 16.5. The number of nitrogens with zero attached hydrogens (tertiary/aromatic N) is 3. The molecule has 1 aliphatic rings. The van der Waals surface area contributed by atoms with Crippen LogP contribution in [0.15, 0.2) is 78.8 Å². The zero-order valence-electron chi connectivity index (χ0n) is 18.4. The highest BCUT2D eigenvalue weighted by Gasteiger charge is 2.20. The van der Waals surface area contributed by atoms with Gasteiger partial charge in [0.15, 0.2) is 0 Å². The van der Waals surface area contributed by atoms with E-state index in [0.29, 0.717) is 6.54 Å². The van der Waals surface area contributed by atoms with Crippen molar-refractivity contribution >= 4 is 28.5 Å². The second kappa shape index (κ2) is 9.92. The van der Waals surface area contributed by atoms with Gasteiger partial charge in [-0.3, -0.25) is 9.98 Å². The Balaban J connectivity index is 1.56. The van der Waals surface area contributed by atoms with Gasteiger partial charge in [0, 0.05) is 48.3 Å². The molecule has 1 aliphatic heterocycles. The third-order valence-corrected chi connectivity index (χ3v) is 5.38. The summed E-state index contributed by atoms with van der Waals surface area (Å²) in [6, 6.07) is 14.0. The predicted octanol–water partition coefficient (Wildman–Crippen LogP) is 5.24. The molecule has 3 aromatic rings. The number of amidine groups is 1. The van der Waals surface area contributed by atoms with E-state index in [4.69, 9.17) is 9.73 Å². The fourth-order valence-corrected chi connectivity index (χ4v) is 3.64. The van der Waals surface area contributed by atoms with Crippen LogP contribution in [0.2, 0.25) is 0 Å². The van der Waals surface area contributed by atoms with Crippen molar-refractivity contribution < 1.29 is 4.74 Å². The lowest BCUT2D eigenvalue weighted by molar-refractivity contribution is 0.414. The van der Waals surface area contributed by atoms with Crippen LogP contribution in [0.5, 0.6) is 5.75 Å². The van der Waals surface area contributed by atoms with Gasteiger partial charge in [-0.15, -0.1) is 0 Å². The Kier molecular flexibility index (Phi) is 6.60. The van der Waals surface area contributed by atoms with Gasteiger partial charge in [0.25, 0.3) is 0 Å². The van der Waals surface area contributed by atoms with Crippen LogP contribution in [0.1, 0.15) is 30.0 Å². The number of ether oxygens (including phenoxy) is 1. The quantitative estimate of drug-likeness (QED) is 0.418. The smallest absolute Gasteiger partial charge is 0.138 e. The molecule has 3 heterocycles. The first kappa shape index (κ1) is 21.3. The van der Waals surface area contributed by atoms with Crippen LogP contribution in [0.3, 0.4) is 0 Å². The van der Waals surface area contributed by atoms with Gasteiger partial charge in [0.05, 0.1) is 24.8 Å². The molecule has 0 saturated carbocycles. The summed E-state index contributed by atoms with van der Waals surface area (Å²) in [7, 11) is 1.68. The van der Waals surface area contributed by atoms with Gasteiger partial charge in [0.2, 0.25) is 0 Å². The number of benzene rings is 1. The van der Waals surface area contributed by atoms with Crippen LogP contribution in [-0.4, -0.2) is 29.5 Å². The van der Waals surface area contributed by atoms with Crippen molar-refractivity contribution in [3.63, 3.8) is 0 Å². The molecule has 6 heteroatoms. The molecule has 0 saturated heterocycles. The molecule has 2 N–H and O–H groups in total. The van der Waals surface area contributed by atoms with Gasteiger partial charge in [-0.25, -0.2) is 4.98 Å². The molecule has 0 radical (unpaired) electrons. The van der Waals surface area contributed by atoms with Gasteiger partial charge >= 0.3 is 0 Å². The molecule has 0 unspecified atom stereocenters. The zero-order valence-corrected chi connectivity index (χ0v) is 18.4. The van der Waals surface area contributed by atoms with Crippen molar-refractivity contribution in [1.29, 1.82) is 0 Å². The molecule has 0 atom stereocenters. The Morgan fingerprint density at radius 1 is 1.19 bits per heavy atom. The summed E-state index contributed by atoms with van der Waals surface area (Å²) >= 11 is 0. The second-order valence-electron chi connectivity index (χ2n) is 7.41. The Bertz CT molecular complexity index is 1180. The SMILES string of the molecule is C=C1/C(=C\NC(CC)=NCCc2cccc(OC)c2)c2ccncc2Nc2ncccc21. The molecule has 32 heavy (non-hydrogen) atoms. The minimum Gasteiger partial charge on any atom is -0.497 e. The van der Waals surface area contributed by atoms with Crippen LogP contribution in [0.4, 0.5) is 11.5 Å². The molecule has 4 rings (SSSR count). The first-order valence-electron chi connectivity index (χ1n) is 10.7. The minimum atomic E-state index is 0.697. The lowest BCUT2D eigenvalue weighted by Crippen LogP contribution is -2.18. The second-order valence-corrected chi connectivity index (χ2v) is 7.41. The Morgan fingerprint density at radius 2 is 2.09 bits per heavy atom. The Morgan fingerprint density at radius 3 is 2.94 bits per heavy atom. The summed E-state index contributed by atoms with van der Waals surface area (Å²) in [5, 5.41) is 6.79. The maximum atomic E-state index is 5.30. The van der Waals surface area contributed by atoms with Crippen LogP contribution >= 0.6 is 0 Å².